The molecule has 5 atom stereocenters. The molecule has 1 heterocycles. The van der Waals surface area contributed by atoms with Gasteiger partial charge in [0.25, 0.3) is 0 Å². The number of esters is 4. The van der Waals surface area contributed by atoms with Gasteiger partial charge < -0.3 is 23.7 Å². The first-order valence-corrected chi connectivity index (χ1v) is 14.1. The van der Waals surface area contributed by atoms with Crippen LogP contribution in [0.5, 0.6) is 5.75 Å². The minimum absolute atomic E-state index is 0.167. The number of halogens is 1. The Morgan fingerprint density at radius 3 is 1.93 bits per heavy atom. The molecule has 1 aliphatic heterocycles. The van der Waals surface area contributed by atoms with Crippen LogP contribution in [0.15, 0.2) is 42.5 Å². The molecule has 9 nitrogen and oxygen atoms in total. The van der Waals surface area contributed by atoms with Crippen LogP contribution < -0.4 is 4.74 Å². The molecule has 0 bridgehead atoms. The van der Waals surface area contributed by atoms with Crippen LogP contribution in [0.25, 0.3) is 0 Å². The fourth-order valence-corrected chi connectivity index (χ4v) is 5.90. The predicted octanol–water partition coefficient (Wildman–Crippen LogP) is 4.67. The lowest BCUT2D eigenvalue weighted by molar-refractivity contribution is -0.190. The second kappa shape index (κ2) is 14.4. The average Bonchev–Trinajstić information content (AvgIpc) is 2.87. The van der Waals surface area contributed by atoms with E-state index in [0.717, 1.165) is 29.3 Å². The van der Waals surface area contributed by atoms with Crippen LogP contribution in [-0.2, 0) is 51.0 Å². The normalized spacial score (nSPS) is 22.1. The van der Waals surface area contributed by atoms with E-state index >= 15 is 0 Å². The molecular formula is C29H33ClO9S. The van der Waals surface area contributed by atoms with Gasteiger partial charge in [0, 0.05) is 44.7 Å². The van der Waals surface area contributed by atoms with Crippen LogP contribution in [0.2, 0.25) is 5.02 Å². The lowest BCUT2D eigenvalue weighted by Gasteiger charge is -2.43. The number of carbonyl (C=O) groups is 4. The van der Waals surface area contributed by atoms with Crippen LogP contribution in [0.1, 0.15) is 51.3 Å². The van der Waals surface area contributed by atoms with Crippen molar-refractivity contribution in [1.29, 1.82) is 0 Å². The van der Waals surface area contributed by atoms with Crippen LogP contribution in [0, 0.1) is 0 Å². The van der Waals surface area contributed by atoms with Crippen molar-refractivity contribution in [1.82, 2.24) is 0 Å². The molecule has 1 fully saturated rings. The highest BCUT2D eigenvalue weighted by Crippen LogP contribution is 2.40. The fourth-order valence-electron chi connectivity index (χ4n) is 4.32. The highest BCUT2D eigenvalue weighted by atomic mass is 35.5. The van der Waals surface area contributed by atoms with Crippen LogP contribution in [0.4, 0.5) is 0 Å². The zero-order chi connectivity index (χ0) is 29.4. The van der Waals surface area contributed by atoms with E-state index in [1.165, 1.54) is 33.3 Å². The molecule has 40 heavy (non-hydrogen) atoms. The third-order valence-electron chi connectivity index (χ3n) is 6.04. The summed E-state index contributed by atoms with van der Waals surface area (Å²) in [7, 11) is 0. The molecule has 0 amide bonds. The van der Waals surface area contributed by atoms with Gasteiger partial charge in [0.1, 0.15) is 12.4 Å². The molecule has 0 aromatic heterocycles. The second-order valence-electron chi connectivity index (χ2n) is 9.28. The highest BCUT2D eigenvalue weighted by Gasteiger charge is 2.53. The standard InChI is InChI=1S/C29H33ClO9S/c1-6-20-7-9-21(10-8-20)13-22-14-23(30)11-12-24(22)39-29-28(38-19(5)34)27(37-18(4)33)26(36-17(3)32)25(40-29)15-35-16(2)31/h7-12,14,25-29H,6,13,15H2,1-5H3/t25-,26-,27+,28-,29-/m1/s1. The summed E-state index contributed by atoms with van der Waals surface area (Å²) in [5.74, 6) is -2.05. The molecule has 0 N–H and O–H groups in total. The van der Waals surface area contributed by atoms with E-state index in [1.54, 1.807) is 18.2 Å². The maximum atomic E-state index is 12.1. The minimum Gasteiger partial charge on any atom is -0.475 e. The summed E-state index contributed by atoms with van der Waals surface area (Å²) in [5, 5.41) is -0.188. The van der Waals surface area contributed by atoms with Crippen molar-refractivity contribution in [3.05, 3.63) is 64.2 Å². The number of ether oxygens (including phenoxy) is 5. The highest BCUT2D eigenvalue weighted by molar-refractivity contribution is 8.00. The summed E-state index contributed by atoms with van der Waals surface area (Å²) in [4.78, 5) is 47.8. The quantitative estimate of drug-likeness (QED) is 0.285. The summed E-state index contributed by atoms with van der Waals surface area (Å²) in [6, 6.07) is 13.4. The SMILES string of the molecule is CCc1ccc(Cc2cc(Cl)ccc2O[C@@H]2S[C@H](COC(C)=O)[C@@H](OC(C)=O)[C@H](OC(C)=O)[C@H]2OC(C)=O)cc1. The Kier molecular flexibility index (Phi) is 11.3. The van der Waals surface area contributed by atoms with Gasteiger partial charge in [-0.15, -0.1) is 11.8 Å². The van der Waals surface area contributed by atoms with E-state index in [4.69, 9.17) is 35.3 Å². The van der Waals surface area contributed by atoms with Crippen LogP contribution in [0.3, 0.4) is 0 Å². The molecule has 1 saturated heterocycles. The largest absolute Gasteiger partial charge is 0.475 e. The van der Waals surface area contributed by atoms with Crippen molar-refractivity contribution in [2.75, 3.05) is 6.61 Å². The summed E-state index contributed by atoms with van der Waals surface area (Å²) < 4.78 is 28.3. The molecule has 0 unspecified atom stereocenters. The molecule has 2 aromatic rings. The summed E-state index contributed by atoms with van der Waals surface area (Å²) in [6.07, 6.45) is -2.03. The molecule has 0 aliphatic carbocycles. The van der Waals surface area contributed by atoms with E-state index in [9.17, 15) is 19.2 Å². The van der Waals surface area contributed by atoms with Gasteiger partial charge in [-0.05, 0) is 35.7 Å². The first-order valence-electron chi connectivity index (χ1n) is 12.8. The van der Waals surface area contributed by atoms with Gasteiger partial charge in [0.05, 0.1) is 5.25 Å². The molecule has 0 radical (unpaired) electrons. The van der Waals surface area contributed by atoms with Crippen molar-refractivity contribution in [3.63, 3.8) is 0 Å². The Bertz CT molecular complexity index is 1220. The van der Waals surface area contributed by atoms with Crippen molar-refractivity contribution in [3.8, 4) is 5.75 Å². The zero-order valence-electron chi connectivity index (χ0n) is 23.0. The Morgan fingerprint density at radius 2 is 1.35 bits per heavy atom. The Morgan fingerprint density at radius 1 is 0.775 bits per heavy atom. The third-order valence-corrected chi connectivity index (χ3v) is 7.66. The van der Waals surface area contributed by atoms with Gasteiger partial charge in [-0.3, -0.25) is 19.2 Å². The molecule has 2 aromatic carbocycles. The third kappa shape index (κ3) is 8.89. The van der Waals surface area contributed by atoms with Gasteiger partial charge in [0.15, 0.2) is 23.7 Å². The van der Waals surface area contributed by atoms with Crippen LogP contribution >= 0.6 is 23.4 Å². The molecule has 0 spiro atoms. The Labute approximate surface area is 242 Å². The minimum atomic E-state index is -1.23. The number of thioether (sulfide) groups is 1. The van der Waals surface area contributed by atoms with E-state index in [1.807, 2.05) is 12.1 Å². The van der Waals surface area contributed by atoms with Crippen molar-refractivity contribution < 1.29 is 42.9 Å². The zero-order valence-corrected chi connectivity index (χ0v) is 24.6. The summed E-state index contributed by atoms with van der Waals surface area (Å²) in [5.41, 5.74) is 2.11. The number of carbonyl (C=O) groups excluding carboxylic acids is 4. The maximum Gasteiger partial charge on any atom is 0.303 e. The molecule has 0 saturated carbocycles. The van der Waals surface area contributed by atoms with Gasteiger partial charge in [-0.2, -0.15) is 0 Å². The number of rotatable bonds is 10. The fraction of sp³-hybridized carbons (Fsp3) is 0.448. The van der Waals surface area contributed by atoms with Gasteiger partial charge >= 0.3 is 23.9 Å². The predicted molar refractivity (Wildman–Crippen MR) is 149 cm³/mol. The first-order chi connectivity index (χ1) is 19.0. The van der Waals surface area contributed by atoms with E-state index in [-0.39, 0.29) is 6.61 Å². The Balaban J connectivity index is 2.01. The van der Waals surface area contributed by atoms with E-state index in [0.29, 0.717) is 17.2 Å². The molecule has 11 heteroatoms. The maximum absolute atomic E-state index is 12.1. The van der Waals surface area contributed by atoms with Crippen molar-refractivity contribution >= 4 is 47.2 Å². The topological polar surface area (TPSA) is 114 Å². The Hall–Kier alpha value is -3.24. The number of benzene rings is 2. The van der Waals surface area contributed by atoms with E-state index < -0.39 is 52.9 Å². The summed E-state index contributed by atoms with van der Waals surface area (Å²) in [6.45, 7) is 6.78. The first kappa shape index (κ1) is 31.3. The number of hydrogen-bond acceptors (Lipinski definition) is 10. The molecule has 1 aliphatic rings. The van der Waals surface area contributed by atoms with E-state index in [2.05, 4.69) is 19.1 Å². The van der Waals surface area contributed by atoms with Gasteiger partial charge in [0.2, 0.25) is 0 Å². The molecule has 3 rings (SSSR count). The molecule has 216 valence electrons. The average molecular weight is 593 g/mol. The van der Waals surface area contributed by atoms with Crippen molar-refractivity contribution in [2.24, 2.45) is 0 Å². The van der Waals surface area contributed by atoms with Gasteiger partial charge in [-0.1, -0.05) is 42.8 Å². The van der Waals surface area contributed by atoms with Gasteiger partial charge in [-0.25, -0.2) is 0 Å². The lowest BCUT2D eigenvalue weighted by Crippen LogP contribution is -2.59. The second-order valence-corrected chi connectivity index (χ2v) is 11.1. The number of aryl methyl sites for hydroxylation is 1. The monoisotopic (exact) mass is 592 g/mol. The molecular weight excluding hydrogens is 560 g/mol. The lowest BCUT2D eigenvalue weighted by atomic mass is 10.0. The smallest absolute Gasteiger partial charge is 0.303 e. The summed E-state index contributed by atoms with van der Waals surface area (Å²) >= 11 is 7.47. The van der Waals surface area contributed by atoms with Crippen molar-refractivity contribution in [2.45, 2.75) is 76.5 Å². The van der Waals surface area contributed by atoms with Crippen LogP contribution in [-0.4, -0.2) is 59.5 Å². The number of hydrogen-bond donors (Lipinski definition) is 0.